The smallest absolute Gasteiger partial charge is 0.119 e. The highest BCUT2D eigenvalue weighted by Gasteiger charge is 2.22. The standard InChI is InChI=1S/C13H18N2O/c1-13(2,10-14)15(3)9-11-6-5-7-12(8-11)16-4/h5-8H,9H2,1-4H3. The normalized spacial score (nSPS) is 11.2. The molecule has 3 heteroatoms. The van der Waals surface area contributed by atoms with Gasteiger partial charge in [-0.15, -0.1) is 0 Å². The molecule has 0 radical (unpaired) electrons. The van der Waals surface area contributed by atoms with Crippen molar-refractivity contribution >= 4 is 0 Å². The molecule has 0 N–H and O–H groups in total. The Hall–Kier alpha value is -1.53. The van der Waals surface area contributed by atoms with Gasteiger partial charge in [0.1, 0.15) is 11.3 Å². The van der Waals surface area contributed by atoms with Crippen LogP contribution in [0.5, 0.6) is 5.75 Å². The van der Waals surface area contributed by atoms with E-state index in [1.807, 2.05) is 50.1 Å². The van der Waals surface area contributed by atoms with Crippen LogP contribution in [0.3, 0.4) is 0 Å². The summed E-state index contributed by atoms with van der Waals surface area (Å²) in [5.41, 5.74) is 0.688. The second kappa shape index (κ2) is 5.00. The Morgan fingerprint density at radius 3 is 2.69 bits per heavy atom. The third kappa shape index (κ3) is 2.98. The maximum atomic E-state index is 9.03. The first-order chi connectivity index (χ1) is 7.49. The lowest BCUT2D eigenvalue weighted by molar-refractivity contribution is 0.202. The maximum Gasteiger partial charge on any atom is 0.119 e. The van der Waals surface area contributed by atoms with Crippen molar-refractivity contribution in [3.63, 3.8) is 0 Å². The van der Waals surface area contributed by atoms with Gasteiger partial charge in [-0.25, -0.2) is 0 Å². The zero-order valence-corrected chi connectivity index (χ0v) is 10.3. The minimum absolute atomic E-state index is 0.455. The van der Waals surface area contributed by atoms with Crippen molar-refractivity contribution < 1.29 is 4.74 Å². The predicted octanol–water partition coefficient (Wildman–Crippen LogP) is 2.43. The lowest BCUT2D eigenvalue weighted by Crippen LogP contribution is -2.38. The van der Waals surface area contributed by atoms with Crippen LogP contribution in [0.4, 0.5) is 0 Å². The summed E-state index contributed by atoms with van der Waals surface area (Å²) in [6, 6.07) is 10.2. The number of hydrogen-bond acceptors (Lipinski definition) is 3. The van der Waals surface area contributed by atoms with E-state index in [0.717, 1.165) is 17.9 Å². The first-order valence-corrected chi connectivity index (χ1v) is 5.25. The van der Waals surface area contributed by atoms with Crippen LogP contribution in [-0.4, -0.2) is 24.6 Å². The van der Waals surface area contributed by atoms with Gasteiger partial charge in [0.15, 0.2) is 0 Å². The molecule has 0 saturated carbocycles. The van der Waals surface area contributed by atoms with Crippen LogP contribution < -0.4 is 4.74 Å². The summed E-state index contributed by atoms with van der Waals surface area (Å²) in [5.74, 6) is 0.848. The predicted molar refractivity (Wildman–Crippen MR) is 64.2 cm³/mol. The van der Waals surface area contributed by atoms with E-state index in [-0.39, 0.29) is 0 Å². The van der Waals surface area contributed by atoms with Crippen LogP contribution in [-0.2, 0) is 6.54 Å². The second-order valence-corrected chi connectivity index (χ2v) is 4.38. The van der Waals surface area contributed by atoms with Gasteiger partial charge < -0.3 is 4.74 Å². The Labute approximate surface area is 97.3 Å². The highest BCUT2D eigenvalue weighted by atomic mass is 16.5. The highest BCUT2D eigenvalue weighted by molar-refractivity contribution is 5.28. The molecule has 0 aliphatic heterocycles. The monoisotopic (exact) mass is 218 g/mol. The van der Waals surface area contributed by atoms with Crippen LogP contribution in [0.25, 0.3) is 0 Å². The van der Waals surface area contributed by atoms with Crippen molar-refractivity contribution in [2.24, 2.45) is 0 Å². The molecular formula is C13H18N2O. The van der Waals surface area contributed by atoms with Crippen LogP contribution in [0, 0.1) is 11.3 Å². The van der Waals surface area contributed by atoms with Crippen molar-refractivity contribution in [3.8, 4) is 11.8 Å². The highest BCUT2D eigenvalue weighted by Crippen LogP contribution is 2.18. The van der Waals surface area contributed by atoms with Gasteiger partial charge >= 0.3 is 0 Å². The van der Waals surface area contributed by atoms with Crippen molar-refractivity contribution in [3.05, 3.63) is 29.8 Å². The average molecular weight is 218 g/mol. The zero-order valence-electron chi connectivity index (χ0n) is 10.3. The molecule has 0 aliphatic carbocycles. The average Bonchev–Trinajstić information content (AvgIpc) is 2.29. The third-order valence-electron chi connectivity index (χ3n) is 2.78. The summed E-state index contributed by atoms with van der Waals surface area (Å²) in [5, 5.41) is 9.03. The van der Waals surface area contributed by atoms with E-state index in [1.165, 1.54) is 0 Å². The maximum absolute atomic E-state index is 9.03. The molecule has 0 amide bonds. The van der Waals surface area contributed by atoms with E-state index < -0.39 is 5.54 Å². The van der Waals surface area contributed by atoms with Gasteiger partial charge in [-0.3, -0.25) is 4.90 Å². The number of hydrogen-bond donors (Lipinski definition) is 0. The van der Waals surface area contributed by atoms with E-state index in [1.54, 1.807) is 7.11 Å². The summed E-state index contributed by atoms with van der Waals surface area (Å²) < 4.78 is 5.16. The fourth-order valence-corrected chi connectivity index (χ4v) is 1.33. The molecule has 1 rings (SSSR count). The van der Waals surface area contributed by atoms with Crippen molar-refractivity contribution in [2.45, 2.75) is 25.9 Å². The summed E-state index contributed by atoms with van der Waals surface area (Å²) in [7, 11) is 3.60. The van der Waals surface area contributed by atoms with E-state index >= 15 is 0 Å². The topological polar surface area (TPSA) is 36.3 Å². The fourth-order valence-electron chi connectivity index (χ4n) is 1.33. The molecule has 0 unspecified atom stereocenters. The number of nitriles is 1. The Balaban J connectivity index is 2.77. The van der Waals surface area contributed by atoms with Crippen LogP contribution >= 0.6 is 0 Å². The van der Waals surface area contributed by atoms with Crippen molar-refractivity contribution in [2.75, 3.05) is 14.2 Å². The summed E-state index contributed by atoms with van der Waals surface area (Å²) in [6.07, 6.45) is 0. The Morgan fingerprint density at radius 1 is 1.44 bits per heavy atom. The van der Waals surface area contributed by atoms with Gasteiger partial charge in [0.05, 0.1) is 13.2 Å². The number of ether oxygens (including phenoxy) is 1. The van der Waals surface area contributed by atoms with Crippen molar-refractivity contribution in [1.29, 1.82) is 5.26 Å². The first kappa shape index (κ1) is 12.5. The molecule has 16 heavy (non-hydrogen) atoms. The first-order valence-electron chi connectivity index (χ1n) is 5.25. The number of nitrogens with zero attached hydrogens (tertiary/aromatic N) is 2. The van der Waals surface area contributed by atoms with Crippen LogP contribution in [0.1, 0.15) is 19.4 Å². The molecule has 86 valence electrons. The van der Waals surface area contributed by atoms with Crippen LogP contribution in [0.2, 0.25) is 0 Å². The van der Waals surface area contributed by atoms with Gasteiger partial charge in [-0.2, -0.15) is 5.26 Å². The molecule has 0 atom stereocenters. The molecule has 0 bridgehead atoms. The molecule has 0 spiro atoms. The van der Waals surface area contributed by atoms with E-state index in [2.05, 4.69) is 6.07 Å². The minimum atomic E-state index is -0.455. The van der Waals surface area contributed by atoms with E-state index in [0.29, 0.717) is 0 Å². The fraction of sp³-hybridized carbons (Fsp3) is 0.462. The second-order valence-electron chi connectivity index (χ2n) is 4.38. The number of rotatable bonds is 4. The SMILES string of the molecule is COc1cccc(CN(C)C(C)(C)C#N)c1. The Kier molecular flexibility index (Phi) is 3.92. The molecule has 0 aliphatic rings. The number of methoxy groups -OCH3 is 1. The molecule has 0 aromatic heterocycles. The molecular weight excluding hydrogens is 200 g/mol. The van der Waals surface area contributed by atoms with Gasteiger partial charge in [0.25, 0.3) is 0 Å². The third-order valence-corrected chi connectivity index (χ3v) is 2.78. The molecule has 0 saturated heterocycles. The molecule has 3 nitrogen and oxygen atoms in total. The largest absolute Gasteiger partial charge is 0.497 e. The van der Waals surface area contributed by atoms with Gasteiger partial charge in [-0.05, 0) is 38.6 Å². The molecule has 0 fully saturated rings. The minimum Gasteiger partial charge on any atom is -0.497 e. The Bertz CT molecular complexity index is 393. The van der Waals surface area contributed by atoms with Crippen molar-refractivity contribution in [1.82, 2.24) is 4.90 Å². The quantitative estimate of drug-likeness (QED) is 0.778. The molecule has 1 aromatic carbocycles. The lowest BCUT2D eigenvalue weighted by atomic mass is 10.0. The lowest BCUT2D eigenvalue weighted by Gasteiger charge is -2.29. The Morgan fingerprint density at radius 2 is 2.12 bits per heavy atom. The van der Waals surface area contributed by atoms with Crippen LogP contribution in [0.15, 0.2) is 24.3 Å². The molecule has 0 heterocycles. The number of benzene rings is 1. The van der Waals surface area contributed by atoms with Gasteiger partial charge in [0, 0.05) is 6.54 Å². The van der Waals surface area contributed by atoms with Gasteiger partial charge in [-0.1, -0.05) is 12.1 Å². The summed E-state index contributed by atoms with van der Waals surface area (Å²) in [4.78, 5) is 2.02. The van der Waals surface area contributed by atoms with Gasteiger partial charge in [0.2, 0.25) is 0 Å². The molecule has 1 aromatic rings. The van der Waals surface area contributed by atoms with E-state index in [4.69, 9.17) is 10.00 Å². The zero-order chi connectivity index (χ0) is 12.2. The summed E-state index contributed by atoms with van der Waals surface area (Å²) >= 11 is 0. The van der Waals surface area contributed by atoms with E-state index in [9.17, 15) is 0 Å². The summed E-state index contributed by atoms with van der Waals surface area (Å²) in [6.45, 7) is 4.55.